The number of nitrogens with zero attached hydrogens (tertiary/aromatic N) is 3. The summed E-state index contributed by atoms with van der Waals surface area (Å²) in [4.78, 5) is 26.8. The van der Waals surface area contributed by atoms with E-state index in [1.165, 1.54) is 0 Å². The van der Waals surface area contributed by atoms with Crippen LogP contribution in [0.25, 0.3) is 0 Å². The molecular formula is C12H17N3O2. The maximum absolute atomic E-state index is 11.9. The zero-order chi connectivity index (χ0) is 12.5. The molecule has 0 N–H and O–H groups in total. The lowest BCUT2D eigenvalue weighted by molar-refractivity contribution is -0.150. The molecule has 0 aromatic heterocycles. The predicted octanol–water partition coefficient (Wildman–Crippen LogP) is 0.371. The van der Waals surface area contributed by atoms with Crippen molar-refractivity contribution < 1.29 is 9.59 Å². The van der Waals surface area contributed by atoms with Gasteiger partial charge in [0.15, 0.2) is 0 Å². The third-order valence-corrected chi connectivity index (χ3v) is 3.68. The second-order valence-corrected chi connectivity index (χ2v) is 4.99. The van der Waals surface area contributed by atoms with Crippen molar-refractivity contribution in [2.24, 2.45) is 5.41 Å². The molecule has 0 aromatic carbocycles. The summed E-state index contributed by atoms with van der Waals surface area (Å²) in [5.74, 6) is 0.0236. The number of rotatable bonds is 4. The summed E-state index contributed by atoms with van der Waals surface area (Å²) < 4.78 is 0. The van der Waals surface area contributed by atoms with E-state index in [-0.39, 0.29) is 30.3 Å². The zero-order valence-electron chi connectivity index (χ0n) is 10.1. The first-order valence-corrected chi connectivity index (χ1v) is 6.03. The highest BCUT2D eigenvalue weighted by Gasteiger charge is 2.45. The van der Waals surface area contributed by atoms with Gasteiger partial charge in [-0.25, -0.2) is 0 Å². The molecule has 1 saturated carbocycles. The predicted molar refractivity (Wildman–Crippen MR) is 60.7 cm³/mol. The minimum atomic E-state index is -0.0148. The van der Waals surface area contributed by atoms with E-state index in [2.05, 4.69) is 6.07 Å². The molecule has 2 fully saturated rings. The van der Waals surface area contributed by atoms with E-state index in [9.17, 15) is 9.59 Å². The Morgan fingerprint density at radius 3 is 2.35 bits per heavy atom. The van der Waals surface area contributed by atoms with Crippen LogP contribution in [0, 0.1) is 16.7 Å². The monoisotopic (exact) mass is 235 g/mol. The van der Waals surface area contributed by atoms with Crippen LogP contribution >= 0.6 is 0 Å². The highest BCUT2D eigenvalue weighted by molar-refractivity contribution is 5.92. The average Bonchev–Trinajstić information content (AvgIpc) is 3.03. The maximum Gasteiger partial charge on any atom is 0.242 e. The Morgan fingerprint density at radius 1 is 1.24 bits per heavy atom. The van der Waals surface area contributed by atoms with Crippen LogP contribution in [-0.4, -0.2) is 47.8 Å². The van der Waals surface area contributed by atoms with E-state index >= 15 is 0 Å². The number of nitriles is 1. The normalized spacial score (nSPS) is 22.6. The standard InChI is InChI=1S/C12H17N3O2/c1-2-14-7-11(17)15(8-10(14)16)9-12(3-4-12)5-6-13/h2-5,7-9H2,1H3. The average molecular weight is 235 g/mol. The molecule has 0 aromatic rings. The van der Waals surface area contributed by atoms with E-state index in [1.54, 1.807) is 9.80 Å². The van der Waals surface area contributed by atoms with Gasteiger partial charge >= 0.3 is 0 Å². The highest BCUT2D eigenvalue weighted by atomic mass is 16.2. The molecule has 17 heavy (non-hydrogen) atoms. The van der Waals surface area contributed by atoms with Crippen LogP contribution in [0.2, 0.25) is 0 Å². The summed E-state index contributed by atoms with van der Waals surface area (Å²) in [6.07, 6.45) is 2.48. The van der Waals surface area contributed by atoms with Crippen molar-refractivity contribution in [2.75, 3.05) is 26.2 Å². The largest absolute Gasteiger partial charge is 0.332 e. The Labute approximate surface area is 101 Å². The van der Waals surface area contributed by atoms with Crippen LogP contribution < -0.4 is 0 Å². The minimum Gasteiger partial charge on any atom is -0.332 e. The minimum absolute atomic E-state index is 0.00987. The fraction of sp³-hybridized carbons (Fsp3) is 0.750. The summed E-state index contributed by atoms with van der Waals surface area (Å²) >= 11 is 0. The van der Waals surface area contributed by atoms with Crippen molar-refractivity contribution in [2.45, 2.75) is 26.2 Å². The first-order chi connectivity index (χ1) is 8.10. The quantitative estimate of drug-likeness (QED) is 0.707. The molecule has 2 amide bonds. The van der Waals surface area contributed by atoms with Gasteiger partial charge in [-0.15, -0.1) is 0 Å². The Bertz CT molecular complexity index is 382. The molecule has 2 rings (SSSR count). The van der Waals surface area contributed by atoms with Crippen molar-refractivity contribution >= 4 is 11.8 Å². The maximum atomic E-state index is 11.9. The second-order valence-electron chi connectivity index (χ2n) is 4.99. The van der Waals surface area contributed by atoms with Gasteiger partial charge in [0.25, 0.3) is 0 Å². The van der Waals surface area contributed by atoms with Crippen LogP contribution in [0.4, 0.5) is 0 Å². The van der Waals surface area contributed by atoms with Gasteiger partial charge in [-0.05, 0) is 19.8 Å². The summed E-state index contributed by atoms with van der Waals surface area (Å²) in [5.41, 5.74) is -0.0148. The molecule has 5 heteroatoms. The van der Waals surface area contributed by atoms with Gasteiger partial charge in [0.05, 0.1) is 19.2 Å². The van der Waals surface area contributed by atoms with Crippen LogP contribution in [0.1, 0.15) is 26.2 Å². The molecule has 1 aliphatic heterocycles. The number of carbonyl (C=O) groups excluding carboxylic acids is 2. The van der Waals surface area contributed by atoms with Crippen molar-refractivity contribution in [3.05, 3.63) is 0 Å². The highest BCUT2D eigenvalue weighted by Crippen LogP contribution is 2.49. The Balaban J connectivity index is 1.97. The summed E-state index contributed by atoms with van der Waals surface area (Å²) in [6, 6.07) is 2.17. The van der Waals surface area contributed by atoms with Gasteiger partial charge in [0.1, 0.15) is 0 Å². The molecule has 92 valence electrons. The number of hydrogen-bond donors (Lipinski definition) is 0. The fourth-order valence-electron chi connectivity index (χ4n) is 2.28. The first kappa shape index (κ1) is 11.9. The molecule has 1 saturated heterocycles. The molecule has 0 radical (unpaired) electrons. The van der Waals surface area contributed by atoms with Gasteiger partial charge in [-0.1, -0.05) is 0 Å². The van der Waals surface area contributed by atoms with Gasteiger partial charge in [0.2, 0.25) is 11.8 Å². The molecule has 2 aliphatic rings. The lowest BCUT2D eigenvalue weighted by Crippen LogP contribution is -2.54. The van der Waals surface area contributed by atoms with Crippen molar-refractivity contribution in [3.63, 3.8) is 0 Å². The molecule has 1 heterocycles. The van der Waals surface area contributed by atoms with Gasteiger partial charge in [-0.2, -0.15) is 5.26 Å². The first-order valence-electron chi connectivity index (χ1n) is 6.03. The van der Waals surface area contributed by atoms with E-state index in [0.717, 1.165) is 12.8 Å². The molecular weight excluding hydrogens is 218 g/mol. The van der Waals surface area contributed by atoms with Gasteiger partial charge in [-0.3, -0.25) is 9.59 Å². The van der Waals surface area contributed by atoms with Crippen molar-refractivity contribution in [1.82, 2.24) is 9.80 Å². The van der Waals surface area contributed by atoms with E-state index < -0.39 is 0 Å². The molecule has 1 aliphatic carbocycles. The SMILES string of the molecule is CCN1CC(=O)N(CC2(CC#N)CC2)CC1=O. The number of carbonyl (C=O) groups is 2. The van der Waals surface area contributed by atoms with Crippen LogP contribution in [-0.2, 0) is 9.59 Å². The molecule has 0 spiro atoms. The lowest BCUT2D eigenvalue weighted by atomic mass is 10.0. The van der Waals surface area contributed by atoms with Gasteiger partial charge < -0.3 is 9.80 Å². The molecule has 5 nitrogen and oxygen atoms in total. The van der Waals surface area contributed by atoms with E-state index in [0.29, 0.717) is 19.5 Å². The van der Waals surface area contributed by atoms with E-state index in [4.69, 9.17) is 5.26 Å². The summed E-state index contributed by atoms with van der Waals surface area (Å²) in [5, 5.41) is 8.74. The van der Waals surface area contributed by atoms with Crippen molar-refractivity contribution in [3.8, 4) is 6.07 Å². The van der Waals surface area contributed by atoms with Crippen LogP contribution in [0.15, 0.2) is 0 Å². The Hall–Kier alpha value is -1.57. The molecule has 0 atom stereocenters. The van der Waals surface area contributed by atoms with Crippen molar-refractivity contribution in [1.29, 1.82) is 5.26 Å². The lowest BCUT2D eigenvalue weighted by Gasteiger charge is -2.35. The number of piperazine rings is 1. The molecule has 0 unspecified atom stereocenters. The van der Waals surface area contributed by atoms with Gasteiger partial charge in [0, 0.05) is 24.9 Å². The zero-order valence-corrected chi connectivity index (χ0v) is 10.1. The third-order valence-electron chi connectivity index (χ3n) is 3.68. The topological polar surface area (TPSA) is 64.4 Å². The smallest absolute Gasteiger partial charge is 0.242 e. The fourth-order valence-corrected chi connectivity index (χ4v) is 2.28. The third kappa shape index (κ3) is 2.41. The Morgan fingerprint density at radius 2 is 1.82 bits per heavy atom. The number of likely N-dealkylation sites (N-methyl/N-ethyl adjacent to an activating group) is 1. The summed E-state index contributed by atoms with van der Waals surface area (Å²) in [7, 11) is 0. The summed E-state index contributed by atoms with van der Waals surface area (Å²) in [6.45, 7) is 3.40. The second kappa shape index (κ2) is 4.36. The Kier molecular flexibility index (Phi) is 3.05. The number of hydrogen-bond acceptors (Lipinski definition) is 3. The van der Waals surface area contributed by atoms with Crippen LogP contribution in [0.3, 0.4) is 0 Å². The van der Waals surface area contributed by atoms with Crippen LogP contribution in [0.5, 0.6) is 0 Å². The van der Waals surface area contributed by atoms with E-state index in [1.807, 2.05) is 6.92 Å². The molecule has 0 bridgehead atoms. The number of amides is 2.